The summed E-state index contributed by atoms with van der Waals surface area (Å²) in [6.07, 6.45) is 0. The third-order valence-corrected chi connectivity index (χ3v) is 4.35. The largest absolute Gasteiger partial charge is 0.492 e. The summed E-state index contributed by atoms with van der Waals surface area (Å²) in [5.41, 5.74) is 2.14. The maximum absolute atomic E-state index is 13.6. The van der Waals surface area contributed by atoms with E-state index >= 15 is 0 Å². The molecule has 20 heavy (non-hydrogen) atoms. The molecule has 0 amide bonds. The van der Waals surface area contributed by atoms with Crippen LogP contribution in [0.3, 0.4) is 0 Å². The van der Waals surface area contributed by atoms with Crippen molar-refractivity contribution < 1.29 is 9.13 Å². The van der Waals surface area contributed by atoms with Crippen LogP contribution in [0.2, 0.25) is 0 Å². The summed E-state index contributed by atoms with van der Waals surface area (Å²) in [6, 6.07) is 13.2. The van der Waals surface area contributed by atoms with Gasteiger partial charge in [0.2, 0.25) is 0 Å². The Morgan fingerprint density at radius 1 is 1.15 bits per heavy atom. The second kappa shape index (κ2) is 5.94. The van der Waals surface area contributed by atoms with Gasteiger partial charge < -0.3 is 4.74 Å². The molecule has 0 unspecified atom stereocenters. The van der Waals surface area contributed by atoms with Gasteiger partial charge >= 0.3 is 0 Å². The summed E-state index contributed by atoms with van der Waals surface area (Å²) in [6.45, 7) is 3.01. The monoisotopic (exact) mass is 335 g/mol. The van der Waals surface area contributed by atoms with Crippen LogP contribution < -0.4 is 4.74 Å². The molecule has 0 saturated carbocycles. The van der Waals surface area contributed by atoms with Gasteiger partial charge in [0.25, 0.3) is 0 Å². The van der Waals surface area contributed by atoms with E-state index in [9.17, 15) is 4.39 Å². The zero-order chi connectivity index (χ0) is 13.9. The molecule has 104 valence electrons. The molecule has 4 heteroatoms. The highest BCUT2D eigenvalue weighted by molar-refractivity contribution is 9.10. The second-order valence-electron chi connectivity index (χ2n) is 4.88. The summed E-state index contributed by atoms with van der Waals surface area (Å²) < 4.78 is 19.9. The molecule has 1 aliphatic rings. The van der Waals surface area contributed by atoms with Crippen molar-refractivity contribution in [3.63, 3.8) is 0 Å². The molecule has 0 aromatic heterocycles. The predicted octanol–water partition coefficient (Wildman–Crippen LogP) is 3.98. The van der Waals surface area contributed by atoms with Gasteiger partial charge in [0.05, 0.1) is 4.47 Å². The summed E-state index contributed by atoms with van der Waals surface area (Å²) in [7, 11) is 0. The molecule has 0 aliphatic carbocycles. The summed E-state index contributed by atoms with van der Waals surface area (Å²) in [5, 5.41) is 0. The lowest BCUT2D eigenvalue weighted by Gasteiger charge is -2.20. The molecule has 0 saturated heterocycles. The van der Waals surface area contributed by atoms with Crippen LogP contribution >= 0.6 is 15.9 Å². The fraction of sp³-hybridized carbons (Fsp3) is 0.250. The maximum Gasteiger partial charge on any atom is 0.137 e. The molecule has 2 aromatic carbocycles. The normalized spacial score (nSPS) is 15.3. The van der Waals surface area contributed by atoms with Crippen molar-refractivity contribution in [1.82, 2.24) is 4.90 Å². The van der Waals surface area contributed by atoms with Gasteiger partial charge in [0, 0.05) is 25.2 Å². The number of hydrogen-bond donors (Lipinski definition) is 0. The van der Waals surface area contributed by atoms with Crippen LogP contribution in [0.1, 0.15) is 11.1 Å². The Hall–Kier alpha value is -1.39. The maximum atomic E-state index is 13.6. The van der Waals surface area contributed by atoms with E-state index in [4.69, 9.17) is 4.74 Å². The lowest BCUT2D eigenvalue weighted by Crippen LogP contribution is -2.25. The van der Waals surface area contributed by atoms with Gasteiger partial charge in [-0.3, -0.25) is 4.90 Å². The lowest BCUT2D eigenvalue weighted by atomic mass is 10.1. The fourth-order valence-electron chi connectivity index (χ4n) is 2.43. The number of para-hydroxylation sites is 1. The Bertz CT molecular complexity index is 617. The first-order chi connectivity index (χ1) is 9.74. The van der Waals surface area contributed by atoms with Gasteiger partial charge in [-0.1, -0.05) is 30.3 Å². The fourth-order valence-corrected chi connectivity index (χ4v) is 2.82. The molecule has 1 aliphatic heterocycles. The molecule has 1 heterocycles. The van der Waals surface area contributed by atoms with Gasteiger partial charge in [-0.05, 0) is 33.6 Å². The second-order valence-corrected chi connectivity index (χ2v) is 5.67. The van der Waals surface area contributed by atoms with E-state index in [1.165, 1.54) is 11.6 Å². The zero-order valence-electron chi connectivity index (χ0n) is 11.0. The van der Waals surface area contributed by atoms with E-state index in [-0.39, 0.29) is 5.82 Å². The molecular formula is C16H15BrFNO. The molecule has 0 N–H and O–H groups in total. The third-order valence-electron chi connectivity index (χ3n) is 3.46. The Labute approximate surface area is 126 Å². The Morgan fingerprint density at radius 2 is 2.00 bits per heavy atom. The minimum atomic E-state index is -0.214. The van der Waals surface area contributed by atoms with Gasteiger partial charge in [0.1, 0.15) is 18.2 Å². The standard InChI is InChI=1S/C16H15BrFNO/c17-16-13(5-3-6-14(16)18)11-19-8-9-20-15-7-2-1-4-12(15)10-19/h1-7H,8-11H2. The highest BCUT2D eigenvalue weighted by Gasteiger charge is 2.16. The number of rotatable bonds is 2. The molecule has 0 bridgehead atoms. The third kappa shape index (κ3) is 2.86. The zero-order valence-corrected chi connectivity index (χ0v) is 12.6. The van der Waals surface area contributed by atoms with Crippen molar-refractivity contribution >= 4 is 15.9 Å². The average molecular weight is 336 g/mol. The van der Waals surface area contributed by atoms with E-state index < -0.39 is 0 Å². The number of hydrogen-bond acceptors (Lipinski definition) is 2. The van der Waals surface area contributed by atoms with Crippen molar-refractivity contribution in [3.8, 4) is 5.75 Å². The topological polar surface area (TPSA) is 12.5 Å². The van der Waals surface area contributed by atoms with Crippen LogP contribution in [0.25, 0.3) is 0 Å². The number of halogens is 2. The van der Waals surface area contributed by atoms with Gasteiger partial charge in [-0.25, -0.2) is 4.39 Å². The first-order valence-corrected chi connectivity index (χ1v) is 7.39. The summed E-state index contributed by atoms with van der Waals surface area (Å²) in [5.74, 6) is 0.738. The van der Waals surface area contributed by atoms with Crippen molar-refractivity contribution in [2.45, 2.75) is 13.1 Å². The van der Waals surface area contributed by atoms with E-state index in [1.807, 2.05) is 24.3 Å². The highest BCUT2D eigenvalue weighted by Crippen LogP contribution is 2.26. The van der Waals surface area contributed by atoms with Crippen LogP contribution in [0.5, 0.6) is 5.75 Å². The quantitative estimate of drug-likeness (QED) is 0.822. The number of fused-ring (bicyclic) bond motifs is 1. The molecular weight excluding hydrogens is 321 g/mol. The number of benzene rings is 2. The SMILES string of the molecule is Fc1cccc(CN2CCOc3ccccc3C2)c1Br. The molecule has 0 fully saturated rings. The Morgan fingerprint density at radius 3 is 2.90 bits per heavy atom. The van der Waals surface area contributed by atoms with E-state index in [0.29, 0.717) is 17.6 Å². The smallest absolute Gasteiger partial charge is 0.137 e. The van der Waals surface area contributed by atoms with Crippen LogP contribution in [-0.4, -0.2) is 18.1 Å². The molecule has 0 radical (unpaired) electrons. The molecule has 0 spiro atoms. The number of nitrogens with zero attached hydrogens (tertiary/aromatic N) is 1. The van der Waals surface area contributed by atoms with Crippen LogP contribution in [-0.2, 0) is 13.1 Å². The van der Waals surface area contributed by atoms with Crippen molar-refractivity contribution in [3.05, 3.63) is 63.9 Å². The first kappa shape index (κ1) is 13.6. The van der Waals surface area contributed by atoms with Gasteiger partial charge in [-0.2, -0.15) is 0 Å². The Balaban J connectivity index is 1.80. The van der Waals surface area contributed by atoms with Crippen molar-refractivity contribution in [2.24, 2.45) is 0 Å². The summed E-state index contributed by atoms with van der Waals surface area (Å²) in [4.78, 5) is 2.27. The number of ether oxygens (including phenoxy) is 1. The average Bonchev–Trinajstić information content (AvgIpc) is 2.65. The van der Waals surface area contributed by atoms with E-state index in [2.05, 4.69) is 26.9 Å². The van der Waals surface area contributed by atoms with Crippen LogP contribution in [0.4, 0.5) is 4.39 Å². The van der Waals surface area contributed by atoms with Crippen molar-refractivity contribution in [2.75, 3.05) is 13.2 Å². The molecule has 2 aromatic rings. The molecule has 2 nitrogen and oxygen atoms in total. The van der Waals surface area contributed by atoms with E-state index in [0.717, 1.165) is 24.4 Å². The molecule has 0 atom stereocenters. The molecule has 3 rings (SSSR count). The Kier molecular flexibility index (Phi) is 4.03. The van der Waals surface area contributed by atoms with E-state index in [1.54, 1.807) is 6.07 Å². The lowest BCUT2D eigenvalue weighted by molar-refractivity contribution is 0.219. The highest BCUT2D eigenvalue weighted by atomic mass is 79.9. The van der Waals surface area contributed by atoms with Crippen LogP contribution in [0.15, 0.2) is 46.9 Å². The van der Waals surface area contributed by atoms with Crippen molar-refractivity contribution in [1.29, 1.82) is 0 Å². The van der Waals surface area contributed by atoms with Gasteiger partial charge in [0.15, 0.2) is 0 Å². The first-order valence-electron chi connectivity index (χ1n) is 6.60. The minimum Gasteiger partial charge on any atom is -0.492 e. The van der Waals surface area contributed by atoms with Gasteiger partial charge in [-0.15, -0.1) is 0 Å². The van der Waals surface area contributed by atoms with Crippen LogP contribution in [0, 0.1) is 5.82 Å². The predicted molar refractivity (Wildman–Crippen MR) is 80.2 cm³/mol. The minimum absolute atomic E-state index is 0.214. The summed E-state index contributed by atoms with van der Waals surface area (Å²) >= 11 is 3.33.